The van der Waals surface area contributed by atoms with Gasteiger partial charge < -0.3 is 4.90 Å². The minimum Gasteiger partial charge on any atom is -0.341 e. The monoisotopic (exact) mass is 451 g/mol. The smallest absolute Gasteiger partial charge is 0.237 e. The number of aromatic amines is 1. The molecule has 0 aliphatic carbocycles. The normalized spacial score (nSPS) is 17.3. The Bertz CT molecular complexity index is 1130. The Morgan fingerprint density at radius 3 is 2.25 bits per heavy atom. The molecular weight excluding hydrogens is 422 g/mol. The van der Waals surface area contributed by atoms with Crippen LogP contribution < -0.4 is 0 Å². The SMILES string of the molecule is CC(C(=O)N1CCC[C@H](Cc2[nH]ncc2S(C)(=O)=O)C1)(c1ccccc1)c1ccccc1. The first-order valence-electron chi connectivity index (χ1n) is 10.9. The molecule has 7 heteroatoms. The number of carbonyl (C=O) groups is 1. The van der Waals surface area contributed by atoms with Gasteiger partial charge in [-0.05, 0) is 43.2 Å². The molecule has 1 N–H and O–H groups in total. The lowest BCUT2D eigenvalue weighted by atomic mass is 9.74. The third-order valence-corrected chi connectivity index (χ3v) is 7.66. The molecule has 1 atom stereocenters. The van der Waals surface area contributed by atoms with Gasteiger partial charge in [-0.15, -0.1) is 0 Å². The van der Waals surface area contributed by atoms with Gasteiger partial charge in [0.25, 0.3) is 0 Å². The highest BCUT2D eigenvalue weighted by Crippen LogP contribution is 2.35. The Labute approximate surface area is 189 Å². The number of carbonyl (C=O) groups excluding carboxylic acids is 1. The zero-order valence-electron chi connectivity index (χ0n) is 18.5. The predicted octanol–water partition coefficient (Wildman–Crippen LogP) is 3.60. The summed E-state index contributed by atoms with van der Waals surface area (Å²) in [5.41, 5.74) is 1.76. The van der Waals surface area contributed by atoms with Crippen LogP contribution in [0.2, 0.25) is 0 Å². The molecule has 1 aliphatic heterocycles. The summed E-state index contributed by atoms with van der Waals surface area (Å²) in [6.07, 6.45) is 4.96. The van der Waals surface area contributed by atoms with Crippen molar-refractivity contribution in [2.24, 2.45) is 5.92 Å². The third-order valence-electron chi connectivity index (χ3n) is 6.51. The number of nitrogens with zero attached hydrogens (tertiary/aromatic N) is 2. The summed E-state index contributed by atoms with van der Waals surface area (Å²) in [5, 5.41) is 6.80. The number of H-pyrrole nitrogens is 1. The van der Waals surface area contributed by atoms with Crippen molar-refractivity contribution in [2.75, 3.05) is 19.3 Å². The number of sulfone groups is 1. The number of rotatable bonds is 6. The second-order valence-electron chi connectivity index (χ2n) is 8.81. The van der Waals surface area contributed by atoms with Crippen LogP contribution >= 0.6 is 0 Å². The molecule has 32 heavy (non-hydrogen) atoms. The van der Waals surface area contributed by atoms with E-state index < -0.39 is 15.3 Å². The van der Waals surface area contributed by atoms with Gasteiger partial charge in [-0.1, -0.05) is 60.7 Å². The van der Waals surface area contributed by atoms with Crippen molar-refractivity contribution >= 4 is 15.7 Å². The second kappa shape index (κ2) is 8.90. The van der Waals surface area contributed by atoms with Crippen LogP contribution in [0.25, 0.3) is 0 Å². The number of hydrogen-bond donors (Lipinski definition) is 1. The minimum absolute atomic E-state index is 0.0764. The summed E-state index contributed by atoms with van der Waals surface area (Å²) in [4.78, 5) is 16.2. The van der Waals surface area contributed by atoms with Crippen molar-refractivity contribution in [1.82, 2.24) is 15.1 Å². The Balaban J connectivity index is 1.61. The molecule has 3 aromatic rings. The average Bonchev–Trinajstić information content (AvgIpc) is 3.28. The van der Waals surface area contributed by atoms with E-state index in [1.54, 1.807) is 0 Å². The van der Waals surface area contributed by atoms with Gasteiger partial charge in [-0.3, -0.25) is 9.89 Å². The van der Waals surface area contributed by atoms with E-state index in [0.29, 0.717) is 25.2 Å². The van der Waals surface area contributed by atoms with Crippen LogP contribution in [0.1, 0.15) is 36.6 Å². The molecule has 0 bridgehead atoms. The fourth-order valence-electron chi connectivity index (χ4n) is 4.75. The summed E-state index contributed by atoms with van der Waals surface area (Å²) >= 11 is 0. The van der Waals surface area contributed by atoms with E-state index in [4.69, 9.17) is 0 Å². The highest BCUT2D eigenvalue weighted by atomic mass is 32.2. The molecule has 1 aromatic heterocycles. The fourth-order valence-corrected chi connectivity index (χ4v) is 5.57. The molecule has 6 nitrogen and oxygen atoms in total. The van der Waals surface area contributed by atoms with Crippen molar-refractivity contribution in [3.63, 3.8) is 0 Å². The highest BCUT2D eigenvalue weighted by molar-refractivity contribution is 7.90. The molecule has 2 aromatic carbocycles. The quantitative estimate of drug-likeness (QED) is 0.621. The Kier molecular flexibility index (Phi) is 6.20. The van der Waals surface area contributed by atoms with E-state index in [1.807, 2.05) is 72.5 Å². The van der Waals surface area contributed by atoms with Crippen molar-refractivity contribution in [3.05, 3.63) is 83.7 Å². The lowest BCUT2D eigenvalue weighted by Crippen LogP contribution is -2.50. The number of benzene rings is 2. The molecule has 4 rings (SSSR count). The number of hydrogen-bond acceptors (Lipinski definition) is 4. The van der Waals surface area contributed by atoms with E-state index in [-0.39, 0.29) is 16.7 Å². The molecule has 1 aliphatic rings. The van der Waals surface area contributed by atoms with Gasteiger partial charge in [-0.2, -0.15) is 5.10 Å². The van der Waals surface area contributed by atoms with Crippen LogP contribution in [-0.2, 0) is 26.5 Å². The highest BCUT2D eigenvalue weighted by Gasteiger charge is 2.41. The van der Waals surface area contributed by atoms with Gasteiger partial charge >= 0.3 is 0 Å². The topological polar surface area (TPSA) is 83.1 Å². The van der Waals surface area contributed by atoms with Crippen molar-refractivity contribution in [2.45, 2.75) is 36.5 Å². The molecule has 168 valence electrons. The Hall–Kier alpha value is -2.93. The molecule has 2 heterocycles. The van der Waals surface area contributed by atoms with Crippen LogP contribution in [0.15, 0.2) is 71.8 Å². The first-order valence-corrected chi connectivity index (χ1v) is 12.8. The van der Waals surface area contributed by atoms with Crippen molar-refractivity contribution in [1.29, 1.82) is 0 Å². The number of aromatic nitrogens is 2. The number of piperidine rings is 1. The average molecular weight is 452 g/mol. The third kappa shape index (κ3) is 4.35. The van der Waals surface area contributed by atoms with Crippen LogP contribution in [0.4, 0.5) is 0 Å². The zero-order chi connectivity index (χ0) is 22.8. The van der Waals surface area contributed by atoms with E-state index in [0.717, 1.165) is 24.0 Å². The molecule has 0 radical (unpaired) electrons. The minimum atomic E-state index is -3.34. The van der Waals surface area contributed by atoms with Crippen LogP contribution in [-0.4, -0.2) is 48.8 Å². The lowest BCUT2D eigenvalue weighted by Gasteiger charge is -2.39. The van der Waals surface area contributed by atoms with Gasteiger partial charge in [-0.25, -0.2) is 8.42 Å². The van der Waals surface area contributed by atoms with Crippen LogP contribution in [0.3, 0.4) is 0 Å². The number of likely N-dealkylation sites (tertiary alicyclic amines) is 1. The van der Waals surface area contributed by atoms with Crippen LogP contribution in [0.5, 0.6) is 0 Å². The summed E-state index contributed by atoms with van der Waals surface area (Å²) < 4.78 is 24.1. The van der Waals surface area contributed by atoms with Crippen molar-refractivity contribution in [3.8, 4) is 0 Å². The molecule has 1 amide bonds. The maximum atomic E-state index is 14.0. The molecule has 0 spiro atoms. The zero-order valence-corrected chi connectivity index (χ0v) is 19.3. The first kappa shape index (κ1) is 22.3. The van der Waals surface area contributed by atoms with Gasteiger partial charge in [0.1, 0.15) is 4.90 Å². The molecule has 1 saturated heterocycles. The molecule has 0 unspecified atom stereocenters. The molecular formula is C25H29N3O3S. The number of amides is 1. The van der Waals surface area contributed by atoms with Gasteiger partial charge in [0.2, 0.25) is 5.91 Å². The maximum absolute atomic E-state index is 14.0. The first-order chi connectivity index (χ1) is 15.3. The van der Waals surface area contributed by atoms with E-state index >= 15 is 0 Å². The Morgan fingerprint density at radius 2 is 1.69 bits per heavy atom. The molecule has 1 fully saturated rings. The van der Waals surface area contributed by atoms with Gasteiger partial charge in [0.15, 0.2) is 9.84 Å². The van der Waals surface area contributed by atoms with Gasteiger partial charge in [0.05, 0.1) is 17.3 Å². The largest absolute Gasteiger partial charge is 0.341 e. The van der Waals surface area contributed by atoms with E-state index in [2.05, 4.69) is 10.2 Å². The summed E-state index contributed by atoms with van der Waals surface area (Å²) in [6.45, 7) is 3.29. The summed E-state index contributed by atoms with van der Waals surface area (Å²) in [5.74, 6) is 0.247. The van der Waals surface area contributed by atoms with Crippen molar-refractivity contribution < 1.29 is 13.2 Å². The standard InChI is InChI=1S/C25H29N3O3S/c1-25(20-11-5-3-6-12-20,21-13-7-4-8-14-21)24(29)28-15-9-10-19(18-28)16-22-23(17-26-27-22)32(2,30)31/h3-8,11-14,17,19H,9-10,15-16,18H2,1-2H3,(H,26,27)/t19-/m1/s1. The fraction of sp³-hybridized carbons (Fsp3) is 0.360. The van der Waals surface area contributed by atoms with E-state index in [1.165, 1.54) is 12.5 Å². The van der Waals surface area contributed by atoms with Gasteiger partial charge in [0, 0.05) is 19.3 Å². The Morgan fingerprint density at radius 1 is 1.09 bits per heavy atom. The van der Waals surface area contributed by atoms with Crippen LogP contribution in [0, 0.1) is 5.92 Å². The molecule has 0 saturated carbocycles. The number of nitrogens with one attached hydrogen (secondary N) is 1. The lowest BCUT2D eigenvalue weighted by molar-refractivity contribution is -0.137. The summed E-state index contributed by atoms with van der Waals surface area (Å²) in [7, 11) is -3.34. The maximum Gasteiger partial charge on any atom is 0.237 e. The summed E-state index contributed by atoms with van der Waals surface area (Å²) in [6, 6.07) is 19.8. The van der Waals surface area contributed by atoms with E-state index in [9.17, 15) is 13.2 Å². The predicted molar refractivity (Wildman–Crippen MR) is 124 cm³/mol. The second-order valence-corrected chi connectivity index (χ2v) is 10.8.